The molecule has 7 heteroatoms. The van der Waals surface area contributed by atoms with E-state index in [1.54, 1.807) is 12.1 Å². The predicted molar refractivity (Wildman–Crippen MR) is 117 cm³/mol. The number of amides is 1. The lowest BCUT2D eigenvalue weighted by molar-refractivity contribution is -0.125. The molecule has 30 heavy (non-hydrogen) atoms. The van der Waals surface area contributed by atoms with E-state index in [1.807, 2.05) is 18.2 Å². The van der Waals surface area contributed by atoms with Crippen molar-refractivity contribution in [3.05, 3.63) is 77.4 Å². The lowest BCUT2D eigenvalue weighted by atomic mass is 9.96. The van der Waals surface area contributed by atoms with Gasteiger partial charge in [0.15, 0.2) is 0 Å². The van der Waals surface area contributed by atoms with Crippen LogP contribution in [-0.2, 0) is 17.6 Å². The molecule has 1 aliphatic rings. The molecule has 1 aliphatic heterocycles. The number of carbonyl (C=O) groups is 1. The first-order chi connectivity index (χ1) is 14.7. The molecule has 0 saturated carbocycles. The summed E-state index contributed by atoms with van der Waals surface area (Å²) in [6, 6.07) is 16.6. The van der Waals surface area contributed by atoms with E-state index in [0.717, 1.165) is 48.9 Å². The standard InChI is InChI=1S/C23H25FN4OS/c24-20-8-6-18(7-9-20)16-21-26-23(30-27-21)28-14-11-19(12-15-28)22(29)25-13-10-17-4-2-1-3-5-17/h1-9,19H,10-16H2,(H,25,29). The van der Waals surface area contributed by atoms with E-state index in [0.29, 0.717) is 13.0 Å². The number of anilines is 1. The van der Waals surface area contributed by atoms with Crippen molar-refractivity contribution in [3.63, 3.8) is 0 Å². The van der Waals surface area contributed by atoms with Gasteiger partial charge in [-0.1, -0.05) is 42.5 Å². The number of rotatable bonds is 7. The summed E-state index contributed by atoms with van der Waals surface area (Å²) in [5, 5.41) is 3.98. The van der Waals surface area contributed by atoms with Gasteiger partial charge in [-0.2, -0.15) is 4.37 Å². The highest BCUT2D eigenvalue weighted by Gasteiger charge is 2.26. The molecule has 1 fully saturated rings. The van der Waals surface area contributed by atoms with Crippen LogP contribution in [0.2, 0.25) is 0 Å². The van der Waals surface area contributed by atoms with Gasteiger partial charge in [0.25, 0.3) is 0 Å². The van der Waals surface area contributed by atoms with Gasteiger partial charge in [0.1, 0.15) is 11.6 Å². The third kappa shape index (κ3) is 5.42. The zero-order chi connectivity index (χ0) is 20.8. The average molecular weight is 425 g/mol. The van der Waals surface area contributed by atoms with E-state index in [-0.39, 0.29) is 17.6 Å². The maximum Gasteiger partial charge on any atom is 0.223 e. The van der Waals surface area contributed by atoms with Gasteiger partial charge < -0.3 is 10.2 Å². The number of hydrogen-bond acceptors (Lipinski definition) is 5. The smallest absolute Gasteiger partial charge is 0.223 e. The van der Waals surface area contributed by atoms with Crippen LogP contribution in [0, 0.1) is 11.7 Å². The monoisotopic (exact) mass is 424 g/mol. The molecule has 2 aromatic carbocycles. The van der Waals surface area contributed by atoms with E-state index in [2.05, 4.69) is 31.7 Å². The fraction of sp³-hybridized carbons (Fsp3) is 0.348. The summed E-state index contributed by atoms with van der Waals surface area (Å²) in [6.07, 6.45) is 3.10. The number of hydrogen-bond donors (Lipinski definition) is 1. The predicted octanol–water partition coefficient (Wildman–Crippen LogP) is 3.84. The Morgan fingerprint density at radius 3 is 2.53 bits per heavy atom. The second-order valence-corrected chi connectivity index (χ2v) is 8.31. The molecule has 1 N–H and O–H groups in total. The van der Waals surface area contributed by atoms with E-state index >= 15 is 0 Å². The Kier molecular flexibility index (Phi) is 6.69. The third-order valence-corrected chi connectivity index (χ3v) is 6.24. The zero-order valence-corrected chi connectivity index (χ0v) is 17.6. The van der Waals surface area contributed by atoms with Crippen LogP contribution in [0.15, 0.2) is 54.6 Å². The second-order valence-electron chi connectivity index (χ2n) is 7.58. The quantitative estimate of drug-likeness (QED) is 0.626. The van der Waals surface area contributed by atoms with Crippen LogP contribution in [-0.4, -0.2) is 34.9 Å². The van der Waals surface area contributed by atoms with Crippen LogP contribution in [0.3, 0.4) is 0 Å². The highest BCUT2D eigenvalue weighted by Crippen LogP contribution is 2.25. The minimum Gasteiger partial charge on any atom is -0.356 e. The number of halogens is 1. The molecule has 1 saturated heterocycles. The number of nitrogens with zero attached hydrogens (tertiary/aromatic N) is 3. The van der Waals surface area contributed by atoms with E-state index in [4.69, 9.17) is 0 Å². The Balaban J connectivity index is 1.23. The SMILES string of the molecule is O=C(NCCc1ccccc1)C1CCN(c2nc(Cc3ccc(F)cc3)ns2)CC1. The summed E-state index contributed by atoms with van der Waals surface area (Å²) in [4.78, 5) is 19.3. The topological polar surface area (TPSA) is 58.1 Å². The van der Waals surface area contributed by atoms with E-state index in [9.17, 15) is 9.18 Å². The van der Waals surface area contributed by atoms with E-state index < -0.39 is 0 Å². The van der Waals surface area contributed by atoms with Crippen molar-refractivity contribution in [1.29, 1.82) is 0 Å². The normalized spacial score (nSPS) is 14.6. The van der Waals surface area contributed by atoms with Gasteiger partial charge in [0.05, 0.1) is 0 Å². The van der Waals surface area contributed by atoms with E-state index in [1.165, 1.54) is 29.2 Å². The summed E-state index contributed by atoms with van der Waals surface area (Å²) < 4.78 is 17.5. The fourth-order valence-electron chi connectivity index (χ4n) is 3.68. The van der Waals surface area contributed by atoms with Gasteiger partial charge in [-0.05, 0) is 42.5 Å². The summed E-state index contributed by atoms with van der Waals surface area (Å²) in [5.41, 5.74) is 2.23. The van der Waals surface area contributed by atoms with Gasteiger partial charge in [-0.3, -0.25) is 4.79 Å². The highest BCUT2D eigenvalue weighted by molar-refractivity contribution is 7.09. The summed E-state index contributed by atoms with van der Waals surface area (Å²) in [5.74, 6) is 0.725. The highest BCUT2D eigenvalue weighted by atomic mass is 32.1. The van der Waals surface area contributed by atoms with Crippen LogP contribution in [0.1, 0.15) is 29.8 Å². The van der Waals surface area contributed by atoms with Crippen LogP contribution in [0.25, 0.3) is 0 Å². The molecule has 5 nitrogen and oxygen atoms in total. The molecule has 2 heterocycles. The van der Waals surface area contributed by atoms with Crippen molar-refractivity contribution >= 4 is 22.6 Å². The van der Waals surface area contributed by atoms with Crippen molar-refractivity contribution in [1.82, 2.24) is 14.7 Å². The van der Waals surface area contributed by atoms with Crippen molar-refractivity contribution in [2.75, 3.05) is 24.5 Å². The minimum atomic E-state index is -0.238. The van der Waals surface area contributed by atoms with Crippen molar-refractivity contribution < 1.29 is 9.18 Å². The molecule has 1 amide bonds. The lowest BCUT2D eigenvalue weighted by Gasteiger charge is -2.30. The molecule has 0 unspecified atom stereocenters. The van der Waals surface area contributed by atoms with Crippen LogP contribution >= 0.6 is 11.5 Å². The third-order valence-electron chi connectivity index (χ3n) is 5.42. The Morgan fingerprint density at radius 2 is 1.80 bits per heavy atom. The number of piperidine rings is 1. The Morgan fingerprint density at radius 1 is 1.07 bits per heavy atom. The Hall–Kier alpha value is -2.80. The number of carbonyl (C=O) groups excluding carboxylic acids is 1. The maximum atomic E-state index is 13.0. The van der Waals surface area contributed by atoms with Crippen LogP contribution in [0.5, 0.6) is 0 Å². The zero-order valence-electron chi connectivity index (χ0n) is 16.8. The summed E-state index contributed by atoms with van der Waals surface area (Å²) in [7, 11) is 0. The maximum absolute atomic E-state index is 13.0. The molecule has 0 aliphatic carbocycles. The fourth-order valence-corrected chi connectivity index (χ4v) is 4.42. The molecule has 0 atom stereocenters. The summed E-state index contributed by atoms with van der Waals surface area (Å²) in [6.45, 7) is 2.29. The molecular formula is C23H25FN4OS. The molecule has 1 aromatic heterocycles. The van der Waals surface area contributed by atoms with Gasteiger partial charge in [0, 0.05) is 43.5 Å². The molecular weight excluding hydrogens is 399 g/mol. The number of nitrogens with one attached hydrogen (secondary N) is 1. The number of aromatic nitrogens is 2. The van der Waals surface area contributed by atoms with Crippen LogP contribution in [0.4, 0.5) is 9.52 Å². The molecule has 156 valence electrons. The number of benzene rings is 2. The minimum absolute atomic E-state index is 0.0589. The first-order valence-corrected chi connectivity index (χ1v) is 11.1. The van der Waals surface area contributed by atoms with Gasteiger partial charge in [-0.25, -0.2) is 9.37 Å². The van der Waals surface area contributed by atoms with Crippen molar-refractivity contribution in [3.8, 4) is 0 Å². The molecule has 0 spiro atoms. The van der Waals surface area contributed by atoms with Gasteiger partial charge in [-0.15, -0.1) is 0 Å². The van der Waals surface area contributed by atoms with Crippen molar-refractivity contribution in [2.24, 2.45) is 5.92 Å². The largest absolute Gasteiger partial charge is 0.356 e. The molecule has 0 radical (unpaired) electrons. The first-order valence-electron chi connectivity index (χ1n) is 10.3. The lowest BCUT2D eigenvalue weighted by Crippen LogP contribution is -2.41. The van der Waals surface area contributed by atoms with Crippen molar-refractivity contribution in [2.45, 2.75) is 25.7 Å². The Bertz CT molecular complexity index is 953. The molecule has 0 bridgehead atoms. The van der Waals surface area contributed by atoms with Crippen LogP contribution < -0.4 is 10.2 Å². The second kappa shape index (κ2) is 9.80. The summed E-state index contributed by atoms with van der Waals surface area (Å²) >= 11 is 1.39. The molecule has 3 aromatic rings. The average Bonchev–Trinajstić information content (AvgIpc) is 3.25. The van der Waals surface area contributed by atoms with Gasteiger partial charge in [0.2, 0.25) is 11.0 Å². The van der Waals surface area contributed by atoms with Gasteiger partial charge >= 0.3 is 0 Å². The molecule has 4 rings (SSSR count). The first kappa shape index (κ1) is 20.5. The Labute approximate surface area is 180 Å².